The molecule has 1 aliphatic heterocycles. The van der Waals surface area contributed by atoms with Crippen LogP contribution in [0.4, 0.5) is 11.5 Å². The standard InChI is InChI=1S/C15H18N4O/c1-20-15-13(16)14(17-10-18-15)19-8-4-7-11-5-2-3-6-12(11)9-19/h2-3,5-6,10H,4,7-9,16H2,1H3. The van der Waals surface area contributed by atoms with E-state index in [0.717, 1.165) is 31.7 Å². The third-order valence-corrected chi connectivity index (χ3v) is 3.67. The van der Waals surface area contributed by atoms with Crippen molar-refractivity contribution >= 4 is 11.5 Å². The summed E-state index contributed by atoms with van der Waals surface area (Å²) in [4.78, 5) is 10.6. The van der Waals surface area contributed by atoms with Crippen LogP contribution < -0.4 is 15.4 Å². The van der Waals surface area contributed by atoms with Crippen LogP contribution in [0.2, 0.25) is 0 Å². The summed E-state index contributed by atoms with van der Waals surface area (Å²) >= 11 is 0. The molecule has 1 aromatic heterocycles. The van der Waals surface area contributed by atoms with Crippen LogP contribution in [0.15, 0.2) is 30.6 Å². The second-order valence-corrected chi connectivity index (χ2v) is 4.91. The van der Waals surface area contributed by atoms with Gasteiger partial charge in [-0.15, -0.1) is 0 Å². The molecule has 0 spiro atoms. The maximum Gasteiger partial charge on any atom is 0.242 e. The van der Waals surface area contributed by atoms with Crippen LogP contribution in [-0.2, 0) is 13.0 Å². The molecule has 3 rings (SSSR count). The highest BCUT2D eigenvalue weighted by Crippen LogP contribution is 2.30. The first-order valence-corrected chi connectivity index (χ1v) is 6.76. The number of methoxy groups -OCH3 is 1. The molecule has 0 radical (unpaired) electrons. The number of hydrogen-bond donors (Lipinski definition) is 1. The number of rotatable bonds is 2. The van der Waals surface area contributed by atoms with Gasteiger partial charge >= 0.3 is 0 Å². The molecule has 1 aromatic carbocycles. The molecule has 1 aliphatic rings. The number of nitrogens with zero attached hydrogens (tertiary/aromatic N) is 3. The summed E-state index contributed by atoms with van der Waals surface area (Å²) in [5, 5.41) is 0. The van der Waals surface area contributed by atoms with Crippen LogP contribution in [0, 0.1) is 0 Å². The molecule has 0 bridgehead atoms. The minimum atomic E-state index is 0.438. The van der Waals surface area contributed by atoms with Crippen molar-refractivity contribution in [1.82, 2.24) is 9.97 Å². The van der Waals surface area contributed by atoms with Crippen molar-refractivity contribution in [2.24, 2.45) is 0 Å². The predicted molar refractivity (Wildman–Crippen MR) is 78.8 cm³/mol. The van der Waals surface area contributed by atoms with E-state index >= 15 is 0 Å². The van der Waals surface area contributed by atoms with Crippen molar-refractivity contribution < 1.29 is 4.74 Å². The summed E-state index contributed by atoms with van der Waals surface area (Å²) in [7, 11) is 1.57. The maximum absolute atomic E-state index is 6.10. The molecule has 20 heavy (non-hydrogen) atoms. The van der Waals surface area contributed by atoms with Gasteiger partial charge in [-0.1, -0.05) is 24.3 Å². The Kier molecular flexibility index (Phi) is 3.41. The van der Waals surface area contributed by atoms with Gasteiger partial charge < -0.3 is 15.4 Å². The summed E-state index contributed by atoms with van der Waals surface area (Å²) in [5.74, 6) is 1.20. The Hall–Kier alpha value is -2.30. The van der Waals surface area contributed by atoms with Crippen molar-refractivity contribution in [1.29, 1.82) is 0 Å². The maximum atomic E-state index is 6.10. The lowest BCUT2D eigenvalue weighted by atomic mass is 10.0. The van der Waals surface area contributed by atoms with Crippen LogP contribution in [-0.4, -0.2) is 23.6 Å². The van der Waals surface area contributed by atoms with E-state index in [1.54, 1.807) is 7.11 Å². The van der Waals surface area contributed by atoms with Gasteiger partial charge in [0.25, 0.3) is 0 Å². The van der Waals surface area contributed by atoms with Crippen molar-refractivity contribution in [3.63, 3.8) is 0 Å². The van der Waals surface area contributed by atoms with Gasteiger partial charge in [0.1, 0.15) is 12.0 Å². The number of anilines is 2. The lowest BCUT2D eigenvalue weighted by Crippen LogP contribution is -2.25. The fourth-order valence-electron chi connectivity index (χ4n) is 2.67. The number of aryl methyl sites for hydroxylation is 1. The molecule has 2 aromatic rings. The predicted octanol–water partition coefficient (Wildman–Crippen LogP) is 2.02. The van der Waals surface area contributed by atoms with E-state index in [2.05, 4.69) is 39.1 Å². The zero-order chi connectivity index (χ0) is 13.9. The van der Waals surface area contributed by atoms with E-state index in [9.17, 15) is 0 Å². The zero-order valence-corrected chi connectivity index (χ0v) is 11.5. The highest BCUT2D eigenvalue weighted by atomic mass is 16.5. The second-order valence-electron chi connectivity index (χ2n) is 4.91. The van der Waals surface area contributed by atoms with Gasteiger partial charge in [0.2, 0.25) is 5.88 Å². The van der Waals surface area contributed by atoms with E-state index in [4.69, 9.17) is 10.5 Å². The summed E-state index contributed by atoms with van der Waals surface area (Å²) in [6.45, 7) is 1.75. The molecule has 5 heteroatoms. The van der Waals surface area contributed by atoms with Gasteiger partial charge in [0.15, 0.2) is 5.82 Å². The van der Waals surface area contributed by atoms with Crippen molar-refractivity contribution in [2.75, 3.05) is 24.3 Å². The molecular weight excluding hydrogens is 252 g/mol. The molecule has 0 unspecified atom stereocenters. The molecule has 0 atom stereocenters. The number of aromatic nitrogens is 2. The molecule has 2 heterocycles. The zero-order valence-electron chi connectivity index (χ0n) is 11.5. The second kappa shape index (κ2) is 5.36. The first-order valence-electron chi connectivity index (χ1n) is 6.76. The van der Waals surface area contributed by atoms with Gasteiger partial charge in [-0.2, -0.15) is 4.98 Å². The summed E-state index contributed by atoms with van der Waals surface area (Å²) in [6, 6.07) is 8.54. The van der Waals surface area contributed by atoms with E-state index in [1.165, 1.54) is 17.5 Å². The van der Waals surface area contributed by atoms with E-state index in [1.807, 2.05) is 0 Å². The van der Waals surface area contributed by atoms with Crippen LogP contribution in [0.1, 0.15) is 17.5 Å². The quantitative estimate of drug-likeness (QED) is 0.904. The lowest BCUT2D eigenvalue weighted by Gasteiger charge is -2.23. The average Bonchev–Trinajstić information content (AvgIpc) is 2.69. The number of nitrogen functional groups attached to an aromatic ring is 1. The Labute approximate surface area is 118 Å². The molecule has 104 valence electrons. The first kappa shape index (κ1) is 12.7. The Morgan fingerprint density at radius 3 is 2.80 bits per heavy atom. The Bertz CT molecular complexity index is 615. The smallest absolute Gasteiger partial charge is 0.242 e. The van der Waals surface area contributed by atoms with Crippen molar-refractivity contribution in [3.05, 3.63) is 41.7 Å². The fourth-order valence-corrected chi connectivity index (χ4v) is 2.67. The molecule has 5 nitrogen and oxygen atoms in total. The number of benzene rings is 1. The third kappa shape index (κ3) is 2.27. The van der Waals surface area contributed by atoms with Crippen LogP contribution in [0.25, 0.3) is 0 Å². The Morgan fingerprint density at radius 1 is 1.20 bits per heavy atom. The molecular formula is C15H18N4O. The van der Waals surface area contributed by atoms with Gasteiger partial charge in [-0.05, 0) is 24.0 Å². The van der Waals surface area contributed by atoms with E-state index < -0.39 is 0 Å². The van der Waals surface area contributed by atoms with E-state index in [-0.39, 0.29) is 0 Å². The molecule has 0 saturated carbocycles. The van der Waals surface area contributed by atoms with Gasteiger partial charge in [0.05, 0.1) is 7.11 Å². The fraction of sp³-hybridized carbons (Fsp3) is 0.333. The monoisotopic (exact) mass is 270 g/mol. The van der Waals surface area contributed by atoms with Gasteiger partial charge in [-0.3, -0.25) is 0 Å². The Morgan fingerprint density at radius 2 is 2.00 bits per heavy atom. The summed E-state index contributed by atoms with van der Waals surface area (Å²) in [6.07, 6.45) is 3.68. The number of ether oxygens (including phenoxy) is 1. The minimum Gasteiger partial charge on any atom is -0.479 e. The average molecular weight is 270 g/mol. The van der Waals surface area contributed by atoms with Gasteiger partial charge in [-0.25, -0.2) is 4.98 Å². The largest absolute Gasteiger partial charge is 0.479 e. The highest BCUT2D eigenvalue weighted by Gasteiger charge is 2.19. The summed E-state index contributed by atoms with van der Waals surface area (Å²) in [5.41, 5.74) is 9.36. The molecule has 2 N–H and O–H groups in total. The molecule has 0 saturated heterocycles. The van der Waals surface area contributed by atoms with Crippen molar-refractivity contribution in [2.45, 2.75) is 19.4 Å². The number of nitrogens with two attached hydrogens (primary N) is 1. The number of fused-ring (bicyclic) bond motifs is 1. The van der Waals surface area contributed by atoms with E-state index in [0.29, 0.717) is 11.6 Å². The van der Waals surface area contributed by atoms with Crippen LogP contribution in [0.3, 0.4) is 0 Å². The van der Waals surface area contributed by atoms with Crippen molar-refractivity contribution in [3.8, 4) is 5.88 Å². The minimum absolute atomic E-state index is 0.438. The lowest BCUT2D eigenvalue weighted by molar-refractivity contribution is 0.399. The summed E-state index contributed by atoms with van der Waals surface area (Å²) < 4.78 is 5.17. The topological polar surface area (TPSA) is 64.3 Å². The van der Waals surface area contributed by atoms with Gasteiger partial charge in [0, 0.05) is 13.1 Å². The highest BCUT2D eigenvalue weighted by molar-refractivity contribution is 5.68. The first-order chi connectivity index (χ1) is 9.79. The molecule has 0 fully saturated rings. The molecule has 0 aliphatic carbocycles. The molecule has 0 amide bonds. The van der Waals surface area contributed by atoms with Crippen LogP contribution >= 0.6 is 0 Å². The Balaban J connectivity index is 1.95. The number of hydrogen-bond acceptors (Lipinski definition) is 5. The third-order valence-electron chi connectivity index (χ3n) is 3.67. The SMILES string of the molecule is COc1ncnc(N2CCCc3ccccc3C2)c1N. The van der Waals surface area contributed by atoms with Crippen LogP contribution in [0.5, 0.6) is 5.88 Å². The normalized spacial score (nSPS) is 14.6.